The maximum atomic E-state index is 12.9. The van der Waals surface area contributed by atoms with Crippen LogP contribution in [0.4, 0.5) is 5.69 Å². The van der Waals surface area contributed by atoms with Gasteiger partial charge in [-0.15, -0.1) is 0 Å². The molecule has 2 aromatic rings. The molecule has 0 bridgehead atoms. The van der Waals surface area contributed by atoms with E-state index in [2.05, 4.69) is 41.2 Å². The standard InChI is InChI=1S/C22H28BrNO2/c1-4-6-7-8-14-26-20-13-12-18(23)15-19(20)22(25)24-21-16(3)10-9-11-17(21)5-2/h9-13,15H,4-8,14H2,1-3H3,(H,24,25). The normalized spacial score (nSPS) is 10.6. The summed E-state index contributed by atoms with van der Waals surface area (Å²) in [6, 6.07) is 11.7. The molecule has 140 valence electrons. The zero-order chi connectivity index (χ0) is 18.9. The number of rotatable bonds is 9. The van der Waals surface area contributed by atoms with Crippen LogP contribution in [0.5, 0.6) is 5.75 Å². The Kier molecular flexibility index (Phi) is 8.17. The summed E-state index contributed by atoms with van der Waals surface area (Å²) in [5.74, 6) is 0.493. The second-order valence-electron chi connectivity index (χ2n) is 6.47. The van der Waals surface area contributed by atoms with Crippen LogP contribution in [0.3, 0.4) is 0 Å². The monoisotopic (exact) mass is 417 g/mol. The largest absolute Gasteiger partial charge is 0.493 e. The molecule has 0 saturated heterocycles. The minimum absolute atomic E-state index is 0.140. The van der Waals surface area contributed by atoms with Crippen molar-refractivity contribution in [3.8, 4) is 5.75 Å². The first-order valence-corrected chi connectivity index (χ1v) is 10.2. The zero-order valence-corrected chi connectivity index (χ0v) is 17.5. The predicted octanol–water partition coefficient (Wildman–Crippen LogP) is 6.53. The number of amides is 1. The van der Waals surface area contributed by atoms with Gasteiger partial charge in [-0.25, -0.2) is 0 Å². The second kappa shape index (κ2) is 10.4. The van der Waals surface area contributed by atoms with Crippen molar-refractivity contribution in [2.75, 3.05) is 11.9 Å². The maximum Gasteiger partial charge on any atom is 0.259 e. The number of unbranched alkanes of at least 4 members (excludes halogenated alkanes) is 3. The lowest BCUT2D eigenvalue weighted by Gasteiger charge is -2.15. The summed E-state index contributed by atoms with van der Waals surface area (Å²) in [6.07, 6.45) is 5.43. The molecule has 2 rings (SSSR count). The van der Waals surface area contributed by atoms with Gasteiger partial charge in [0.2, 0.25) is 0 Å². The van der Waals surface area contributed by atoms with Crippen molar-refractivity contribution in [1.82, 2.24) is 0 Å². The lowest BCUT2D eigenvalue weighted by Crippen LogP contribution is -2.16. The Balaban J connectivity index is 2.16. The average Bonchev–Trinajstić information content (AvgIpc) is 2.64. The number of ether oxygens (including phenoxy) is 1. The highest BCUT2D eigenvalue weighted by Gasteiger charge is 2.16. The Morgan fingerprint density at radius 2 is 1.92 bits per heavy atom. The number of carbonyl (C=O) groups is 1. The van der Waals surface area contributed by atoms with Crippen LogP contribution in [0.2, 0.25) is 0 Å². The van der Waals surface area contributed by atoms with Crippen molar-refractivity contribution in [3.63, 3.8) is 0 Å². The van der Waals surface area contributed by atoms with E-state index in [9.17, 15) is 4.79 Å². The van der Waals surface area contributed by atoms with Crippen molar-refractivity contribution >= 4 is 27.5 Å². The molecular weight excluding hydrogens is 390 g/mol. The fraction of sp³-hybridized carbons (Fsp3) is 0.409. The van der Waals surface area contributed by atoms with E-state index in [1.165, 1.54) is 12.8 Å². The molecule has 0 aliphatic rings. The van der Waals surface area contributed by atoms with Crippen LogP contribution in [0.15, 0.2) is 40.9 Å². The summed E-state index contributed by atoms with van der Waals surface area (Å²) in [7, 11) is 0. The Hall–Kier alpha value is -1.81. The minimum atomic E-state index is -0.140. The molecule has 0 aromatic heterocycles. The Labute approximate surface area is 165 Å². The van der Waals surface area contributed by atoms with Crippen LogP contribution < -0.4 is 10.1 Å². The molecule has 0 aliphatic carbocycles. The highest BCUT2D eigenvalue weighted by atomic mass is 79.9. The molecule has 0 aliphatic heterocycles. The first-order chi connectivity index (χ1) is 12.6. The summed E-state index contributed by atoms with van der Waals surface area (Å²) in [5, 5.41) is 3.08. The zero-order valence-electron chi connectivity index (χ0n) is 15.9. The summed E-state index contributed by atoms with van der Waals surface area (Å²) in [6.45, 7) is 6.93. The van der Waals surface area contributed by atoms with Gasteiger partial charge in [0.1, 0.15) is 5.75 Å². The molecule has 2 aromatic carbocycles. The number of anilines is 1. The number of hydrogen-bond acceptors (Lipinski definition) is 2. The van der Waals surface area contributed by atoms with Crippen molar-refractivity contribution in [3.05, 3.63) is 57.6 Å². The van der Waals surface area contributed by atoms with Gasteiger partial charge < -0.3 is 10.1 Å². The first kappa shape index (κ1) is 20.5. The van der Waals surface area contributed by atoms with Gasteiger partial charge in [-0.1, -0.05) is 67.2 Å². The Bertz CT molecular complexity index is 743. The maximum absolute atomic E-state index is 12.9. The molecule has 0 radical (unpaired) electrons. The van der Waals surface area contributed by atoms with E-state index in [-0.39, 0.29) is 5.91 Å². The van der Waals surface area contributed by atoms with Gasteiger partial charge in [0.15, 0.2) is 0 Å². The van der Waals surface area contributed by atoms with Crippen LogP contribution in [0.25, 0.3) is 0 Å². The van der Waals surface area contributed by atoms with E-state index in [0.29, 0.717) is 17.9 Å². The molecule has 3 nitrogen and oxygen atoms in total. The number of aryl methyl sites for hydroxylation is 2. The number of benzene rings is 2. The topological polar surface area (TPSA) is 38.3 Å². The molecule has 1 N–H and O–H groups in total. The fourth-order valence-corrected chi connectivity index (χ4v) is 3.26. The molecular formula is C22H28BrNO2. The van der Waals surface area contributed by atoms with Crippen LogP contribution in [-0.2, 0) is 6.42 Å². The lowest BCUT2D eigenvalue weighted by atomic mass is 10.1. The molecule has 26 heavy (non-hydrogen) atoms. The fourth-order valence-electron chi connectivity index (χ4n) is 2.90. The third-order valence-corrected chi connectivity index (χ3v) is 4.91. The number of para-hydroxylation sites is 1. The number of hydrogen-bond donors (Lipinski definition) is 1. The molecule has 1 amide bonds. The van der Waals surface area contributed by atoms with Gasteiger partial charge in [0.25, 0.3) is 5.91 Å². The smallest absolute Gasteiger partial charge is 0.259 e. The summed E-state index contributed by atoms with van der Waals surface area (Å²) >= 11 is 3.46. The summed E-state index contributed by atoms with van der Waals surface area (Å²) < 4.78 is 6.77. The van der Waals surface area contributed by atoms with Gasteiger partial charge in [-0.3, -0.25) is 4.79 Å². The predicted molar refractivity (Wildman–Crippen MR) is 112 cm³/mol. The minimum Gasteiger partial charge on any atom is -0.493 e. The van der Waals surface area contributed by atoms with E-state index in [0.717, 1.165) is 40.5 Å². The molecule has 0 unspecified atom stereocenters. The van der Waals surface area contributed by atoms with E-state index >= 15 is 0 Å². The van der Waals surface area contributed by atoms with Gasteiger partial charge in [0.05, 0.1) is 12.2 Å². The molecule has 0 heterocycles. The molecule has 0 fully saturated rings. The molecule has 0 saturated carbocycles. The quantitative estimate of drug-likeness (QED) is 0.470. The van der Waals surface area contributed by atoms with E-state index in [1.54, 1.807) is 0 Å². The van der Waals surface area contributed by atoms with E-state index in [1.807, 2.05) is 37.3 Å². The number of carbonyl (C=O) groups excluding carboxylic acids is 1. The van der Waals surface area contributed by atoms with Crippen LogP contribution in [0.1, 0.15) is 61.0 Å². The lowest BCUT2D eigenvalue weighted by molar-refractivity contribution is 0.102. The molecule has 0 spiro atoms. The van der Waals surface area contributed by atoms with Gasteiger partial charge in [-0.2, -0.15) is 0 Å². The summed E-state index contributed by atoms with van der Waals surface area (Å²) in [4.78, 5) is 12.9. The Morgan fingerprint density at radius 3 is 2.65 bits per heavy atom. The third kappa shape index (κ3) is 5.60. The van der Waals surface area contributed by atoms with E-state index < -0.39 is 0 Å². The average molecular weight is 418 g/mol. The van der Waals surface area contributed by atoms with Crippen molar-refractivity contribution in [2.45, 2.75) is 52.9 Å². The van der Waals surface area contributed by atoms with Crippen LogP contribution in [0, 0.1) is 6.92 Å². The van der Waals surface area contributed by atoms with Crippen molar-refractivity contribution in [2.24, 2.45) is 0 Å². The highest BCUT2D eigenvalue weighted by Crippen LogP contribution is 2.27. The Morgan fingerprint density at radius 1 is 1.12 bits per heavy atom. The first-order valence-electron chi connectivity index (χ1n) is 9.39. The van der Waals surface area contributed by atoms with Gasteiger partial charge in [0, 0.05) is 10.2 Å². The summed E-state index contributed by atoms with van der Waals surface area (Å²) in [5.41, 5.74) is 3.65. The molecule has 4 heteroatoms. The van der Waals surface area contributed by atoms with Crippen LogP contribution >= 0.6 is 15.9 Å². The second-order valence-corrected chi connectivity index (χ2v) is 7.38. The van der Waals surface area contributed by atoms with Gasteiger partial charge in [-0.05, 0) is 49.1 Å². The third-order valence-electron chi connectivity index (χ3n) is 4.42. The van der Waals surface area contributed by atoms with Crippen molar-refractivity contribution in [1.29, 1.82) is 0 Å². The van der Waals surface area contributed by atoms with E-state index in [4.69, 9.17) is 4.74 Å². The van der Waals surface area contributed by atoms with Crippen molar-refractivity contribution < 1.29 is 9.53 Å². The molecule has 0 atom stereocenters. The number of nitrogens with one attached hydrogen (secondary N) is 1. The SMILES string of the molecule is CCCCCCOc1ccc(Br)cc1C(=O)Nc1c(C)cccc1CC. The van der Waals surface area contributed by atoms with Gasteiger partial charge >= 0.3 is 0 Å². The highest BCUT2D eigenvalue weighted by molar-refractivity contribution is 9.10. The number of halogens is 1. The van der Waals surface area contributed by atoms with Crippen LogP contribution in [-0.4, -0.2) is 12.5 Å².